The number of rotatable bonds is 6. The van der Waals surface area contributed by atoms with Crippen LogP contribution in [-0.4, -0.2) is 19.8 Å². The molecule has 0 saturated carbocycles. The minimum Gasteiger partial charge on any atom is -0.383 e. The molecule has 0 heterocycles. The van der Waals surface area contributed by atoms with Crippen molar-refractivity contribution in [2.45, 2.75) is 0 Å². The second kappa shape index (κ2) is 6.46. The van der Waals surface area contributed by atoms with Crippen LogP contribution >= 0.6 is 11.6 Å². The number of nitrogens with one attached hydrogen (secondary N) is 1. The maximum absolute atomic E-state index is 5.75. The van der Waals surface area contributed by atoms with Crippen molar-refractivity contribution in [1.29, 1.82) is 0 Å². The average Bonchev–Trinajstić information content (AvgIpc) is 2.21. The third-order valence-corrected chi connectivity index (χ3v) is 1.91. The number of anilines is 1. The predicted molar refractivity (Wildman–Crippen MR) is 61.0 cm³/mol. The lowest BCUT2D eigenvalue weighted by Gasteiger charge is -2.05. The Bertz CT molecular complexity index is 271. The van der Waals surface area contributed by atoms with Crippen molar-refractivity contribution in [3.05, 3.63) is 41.9 Å². The molecule has 14 heavy (non-hydrogen) atoms. The summed E-state index contributed by atoms with van der Waals surface area (Å²) in [6, 6.07) is 7.59. The lowest BCUT2D eigenvalue weighted by Crippen LogP contribution is -2.09. The highest BCUT2D eigenvalue weighted by atomic mass is 35.5. The van der Waals surface area contributed by atoms with Crippen molar-refractivity contribution < 1.29 is 4.74 Å². The Balaban J connectivity index is 2.18. The zero-order valence-corrected chi connectivity index (χ0v) is 8.76. The van der Waals surface area contributed by atoms with E-state index in [1.54, 1.807) is 6.08 Å². The van der Waals surface area contributed by atoms with Crippen LogP contribution in [0.4, 0.5) is 5.69 Å². The van der Waals surface area contributed by atoms with E-state index in [4.69, 9.17) is 16.3 Å². The van der Waals surface area contributed by atoms with Gasteiger partial charge in [-0.3, -0.25) is 0 Å². The number of ether oxygens (including phenoxy) is 1. The van der Waals surface area contributed by atoms with Crippen molar-refractivity contribution >= 4 is 17.3 Å². The molecule has 76 valence electrons. The summed E-state index contributed by atoms with van der Waals surface area (Å²) in [5, 5.41) is 3.96. The van der Waals surface area contributed by atoms with Gasteiger partial charge in [0.15, 0.2) is 0 Å². The maximum Gasteiger partial charge on any atom is 0.0645 e. The largest absolute Gasteiger partial charge is 0.383 e. The standard InChI is InChI=1S/C11H14ClNO/c1-2-8-14-9-7-13-11-5-3-10(12)4-6-11/h2-6,13H,1,7-9H2. The molecule has 3 heteroatoms. The van der Waals surface area contributed by atoms with E-state index in [0.717, 1.165) is 17.3 Å². The quantitative estimate of drug-likeness (QED) is 0.577. The molecule has 0 amide bonds. The van der Waals surface area contributed by atoms with E-state index >= 15 is 0 Å². The van der Waals surface area contributed by atoms with Crippen LogP contribution in [0.25, 0.3) is 0 Å². The summed E-state index contributed by atoms with van der Waals surface area (Å²) in [7, 11) is 0. The van der Waals surface area contributed by atoms with Gasteiger partial charge in [-0.25, -0.2) is 0 Å². The molecular weight excluding hydrogens is 198 g/mol. The molecule has 1 aromatic carbocycles. The Kier molecular flexibility index (Phi) is 5.12. The average molecular weight is 212 g/mol. The smallest absolute Gasteiger partial charge is 0.0645 e. The summed E-state index contributed by atoms with van der Waals surface area (Å²) in [6.07, 6.45) is 1.74. The molecule has 2 nitrogen and oxygen atoms in total. The first-order chi connectivity index (χ1) is 6.83. The van der Waals surface area contributed by atoms with Crippen LogP contribution in [0.5, 0.6) is 0 Å². The first kappa shape index (κ1) is 11.1. The van der Waals surface area contributed by atoms with Gasteiger partial charge in [0, 0.05) is 17.3 Å². The molecular formula is C11H14ClNO. The van der Waals surface area contributed by atoms with Crippen LogP contribution < -0.4 is 5.32 Å². The fourth-order valence-electron chi connectivity index (χ4n) is 1.00. The summed E-state index contributed by atoms with van der Waals surface area (Å²) in [4.78, 5) is 0. The van der Waals surface area contributed by atoms with Crippen molar-refractivity contribution in [2.75, 3.05) is 25.1 Å². The maximum atomic E-state index is 5.75. The lowest BCUT2D eigenvalue weighted by molar-refractivity contribution is 0.173. The van der Waals surface area contributed by atoms with Gasteiger partial charge in [0.1, 0.15) is 0 Å². The summed E-state index contributed by atoms with van der Waals surface area (Å²) in [6.45, 7) is 5.63. The monoisotopic (exact) mass is 211 g/mol. The third-order valence-electron chi connectivity index (χ3n) is 1.66. The molecule has 0 aromatic heterocycles. The van der Waals surface area contributed by atoms with Crippen molar-refractivity contribution in [3.8, 4) is 0 Å². The van der Waals surface area contributed by atoms with Crippen LogP contribution in [0.3, 0.4) is 0 Å². The molecule has 0 fully saturated rings. The van der Waals surface area contributed by atoms with Crippen LogP contribution in [0, 0.1) is 0 Å². The van der Waals surface area contributed by atoms with Gasteiger partial charge >= 0.3 is 0 Å². The number of hydrogen-bond acceptors (Lipinski definition) is 2. The first-order valence-electron chi connectivity index (χ1n) is 4.51. The van der Waals surface area contributed by atoms with Gasteiger partial charge in [-0.2, -0.15) is 0 Å². The molecule has 0 aliphatic heterocycles. The number of benzene rings is 1. The predicted octanol–water partition coefficient (Wildman–Crippen LogP) is 2.95. The molecule has 0 aliphatic rings. The Morgan fingerprint density at radius 3 is 2.71 bits per heavy atom. The zero-order valence-electron chi connectivity index (χ0n) is 8.00. The topological polar surface area (TPSA) is 21.3 Å². The van der Waals surface area contributed by atoms with Crippen LogP contribution in [-0.2, 0) is 4.74 Å². The molecule has 1 N–H and O–H groups in total. The SMILES string of the molecule is C=CCOCCNc1ccc(Cl)cc1. The van der Waals surface area contributed by atoms with Gasteiger partial charge < -0.3 is 10.1 Å². The second-order valence-corrected chi connectivity index (χ2v) is 3.23. The Morgan fingerprint density at radius 1 is 1.36 bits per heavy atom. The minimum absolute atomic E-state index is 0.600. The normalized spacial score (nSPS) is 9.79. The Labute approximate surface area is 89.5 Å². The summed E-state index contributed by atoms with van der Waals surface area (Å²) < 4.78 is 5.22. The van der Waals surface area contributed by atoms with Crippen LogP contribution in [0.15, 0.2) is 36.9 Å². The van der Waals surface area contributed by atoms with Crippen molar-refractivity contribution in [1.82, 2.24) is 0 Å². The lowest BCUT2D eigenvalue weighted by atomic mass is 10.3. The Morgan fingerprint density at radius 2 is 2.07 bits per heavy atom. The van der Waals surface area contributed by atoms with Gasteiger partial charge in [-0.15, -0.1) is 6.58 Å². The number of halogens is 1. The Hall–Kier alpha value is -0.990. The van der Waals surface area contributed by atoms with Gasteiger partial charge in [0.05, 0.1) is 13.2 Å². The van der Waals surface area contributed by atoms with Crippen molar-refractivity contribution in [2.24, 2.45) is 0 Å². The van der Waals surface area contributed by atoms with Gasteiger partial charge in [0.2, 0.25) is 0 Å². The van der Waals surface area contributed by atoms with Crippen LogP contribution in [0.2, 0.25) is 5.02 Å². The molecule has 1 aromatic rings. The van der Waals surface area contributed by atoms with Crippen molar-refractivity contribution in [3.63, 3.8) is 0 Å². The van der Waals surface area contributed by atoms with E-state index in [0.29, 0.717) is 13.2 Å². The van der Waals surface area contributed by atoms with Crippen LogP contribution in [0.1, 0.15) is 0 Å². The van der Waals surface area contributed by atoms with E-state index < -0.39 is 0 Å². The highest BCUT2D eigenvalue weighted by Gasteiger charge is 1.91. The minimum atomic E-state index is 0.600. The fraction of sp³-hybridized carbons (Fsp3) is 0.273. The third kappa shape index (κ3) is 4.30. The molecule has 0 saturated heterocycles. The summed E-state index contributed by atoms with van der Waals surface area (Å²) in [5.41, 5.74) is 1.05. The van der Waals surface area contributed by atoms with E-state index in [2.05, 4.69) is 11.9 Å². The van der Waals surface area contributed by atoms with E-state index in [9.17, 15) is 0 Å². The zero-order chi connectivity index (χ0) is 10.2. The second-order valence-electron chi connectivity index (χ2n) is 2.80. The van der Waals surface area contributed by atoms with E-state index in [1.807, 2.05) is 24.3 Å². The first-order valence-corrected chi connectivity index (χ1v) is 4.89. The molecule has 0 spiro atoms. The summed E-state index contributed by atoms with van der Waals surface area (Å²) in [5.74, 6) is 0. The molecule has 0 unspecified atom stereocenters. The van der Waals surface area contributed by atoms with E-state index in [1.165, 1.54) is 0 Å². The fourth-order valence-corrected chi connectivity index (χ4v) is 1.13. The molecule has 0 atom stereocenters. The van der Waals surface area contributed by atoms with Gasteiger partial charge in [-0.1, -0.05) is 17.7 Å². The molecule has 1 rings (SSSR count). The molecule has 0 radical (unpaired) electrons. The summed E-state index contributed by atoms with van der Waals surface area (Å²) >= 11 is 5.75. The van der Waals surface area contributed by atoms with E-state index in [-0.39, 0.29) is 0 Å². The number of hydrogen-bond donors (Lipinski definition) is 1. The van der Waals surface area contributed by atoms with Gasteiger partial charge in [-0.05, 0) is 24.3 Å². The highest BCUT2D eigenvalue weighted by Crippen LogP contribution is 2.12. The molecule has 0 bridgehead atoms. The highest BCUT2D eigenvalue weighted by molar-refractivity contribution is 6.30. The van der Waals surface area contributed by atoms with Gasteiger partial charge in [0.25, 0.3) is 0 Å². The molecule has 0 aliphatic carbocycles.